The molecule has 2 saturated heterocycles. The van der Waals surface area contributed by atoms with Gasteiger partial charge in [-0.1, -0.05) is 48.5 Å². The van der Waals surface area contributed by atoms with Gasteiger partial charge in [0.1, 0.15) is 5.82 Å². The minimum atomic E-state index is -3.71. The van der Waals surface area contributed by atoms with Crippen LogP contribution in [0.4, 0.5) is 10.1 Å². The van der Waals surface area contributed by atoms with Crippen molar-refractivity contribution < 1.29 is 12.8 Å². The Bertz CT molecular complexity index is 1310. The lowest BCUT2D eigenvalue weighted by molar-refractivity contribution is 0.106. The predicted molar refractivity (Wildman–Crippen MR) is 134 cm³/mol. The molecule has 0 radical (unpaired) electrons. The second-order valence-electron chi connectivity index (χ2n) is 9.58. The normalized spacial score (nSPS) is 24.6. The first-order valence-electron chi connectivity index (χ1n) is 11.7. The van der Waals surface area contributed by atoms with Crippen LogP contribution in [0.15, 0.2) is 72.8 Å². The Hall–Kier alpha value is -2.74. The molecule has 3 aromatic rings. The Morgan fingerprint density at radius 3 is 2.62 bits per heavy atom. The summed E-state index contributed by atoms with van der Waals surface area (Å²) in [4.78, 5) is 2.41. The third kappa shape index (κ3) is 4.24. The van der Waals surface area contributed by atoms with Crippen LogP contribution in [0, 0.1) is 12.7 Å². The summed E-state index contributed by atoms with van der Waals surface area (Å²) in [6.07, 6.45) is 1.35. The van der Waals surface area contributed by atoms with Gasteiger partial charge in [-0.25, -0.2) is 4.39 Å². The molecule has 7 heteroatoms. The van der Waals surface area contributed by atoms with Crippen molar-refractivity contribution in [2.45, 2.75) is 44.8 Å². The highest BCUT2D eigenvalue weighted by atomic mass is 32.2. The zero-order chi connectivity index (χ0) is 23.9. The highest BCUT2D eigenvalue weighted by Crippen LogP contribution is 2.41. The lowest BCUT2D eigenvalue weighted by Gasteiger charge is -2.47. The second-order valence-corrected chi connectivity index (χ2v) is 11.2. The van der Waals surface area contributed by atoms with Crippen molar-refractivity contribution >= 4 is 15.9 Å². The van der Waals surface area contributed by atoms with E-state index in [-0.39, 0.29) is 6.04 Å². The number of rotatable bonds is 4. The van der Waals surface area contributed by atoms with Crippen molar-refractivity contribution in [2.75, 3.05) is 17.4 Å². The Labute approximate surface area is 201 Å². The summed E-state index contributed by atoms with van der Waals surface area (Å²) in [5.41, 5.74) is 4.73. The number of benzene rings is 3. The summed E-state index contributed by atoms with van der Waals surface area (Å²) in [5.74, 6) is -0.436. The molecular formula is C27H30FN3O2S. The van der Waals surface area contributed by atoms with Crippen LogP contribution in [0.1, 0.15) is 30.9 Å². The molecule has 2 heterocycles. The molecule has 2 aliphatic rings. The lowest BCUT2D eigenvalue weighted by atomic mass is 9.83. The van der Waals surface area contributed by atoms with Crippen LogP contribution in [-0.4, -0.2) is 38.0 Å². The number of nitrogens with zero attached hydrogens (tertiary/aromatic N) is 2. The summed E-state index contributed by atoms with van der Waals surface area (Å²) in [5, 5.41) is 0. The Balaban J connectivity index is 1.36. The van der Waals surface area contributed by atoms with E-state index in [4.69, 9.17) is 0 Å². The van der Waals surface area contributed by atoms with Crippen LogP contribution in [0.5, 0.6) is 0 Å². The van der Waals surface area contributed by atoms with E-state index in [1.807, 2.05) is 0 Å². The fourth-order valence-electron chi connectivity index (χ4n) is 5.53. The fraction of sp³-hybridized carbons (Fsp3) is 0.333. The molecule has 0 aromatic heterocycles. The molecule has 34 heavy (non-hydrogen) atoms. The molecule has 5 rings (SSSR count). The third-order valence-electron chi connectivity index (χ3n) is 7.23. The average Bonchev–Trinajstić information content (AvgIpc) is 3.06. The zero-order valence-corrected chi connectivity index (χ0v) is 20.4. The van der Waals surface area contributed by atoms with Crippen molar-refractivity contribution in [3.8, 4) is 11.1 Å². The van der Waals surface area contributed by atoms with Crippen molar-refractivity contribution in [1.82, 2.24) is 9.62 Å². The minimum Gasteiger partial charge on any atom is -0.296 e. The van der Waals surface area contributed by atoms with Gasteiger partial charge in [0.05, 0.1) is 11.2 Å². The molecule has 1 N–H and O–H groups in total. The molecule has 0 saturated carbocycles. The molecule has 2 fully saturated rings. The minimum absolute atomic E-state index is 0.169. The first-order valence-corrected chi connectivity index (χ1v) is 13.2. The largest absolute Gasteiger partial charge is 0.302 e. The summed E-state index contributed by atoms with van der Waals surface area (Å²) >= 11 is 0. The molecule has 2 unspecified atom stereocenters. The van der Waals surface area contributed by atoms with Crippen LogP contribution in [0.3, 0.4) is 0 Å². The van der Waals surface area contributed by atoms with Gasteiger partial charge in [0.25, 0.3) is 0 Å². The molecule has 5 nitrogen and oxygen atoms in total. The first kappa shape index (κ1) is 23.0. The smallest absolute Gasteiger partial charge is 0.296 e. The molecule has 2 atom stereocenters. The van der Waals surface area contributed by atoms with Gasteiger partial charge in [0.15, 0.2) is 0 Å². The van der Waals surface area contributed by atoms with Gasteiger partial charge in [0, 0.05) is 25.7 Å². The Morgan fingerprint density at radius 1 is 1.06 bits per heavy atom. The number of piperidine rings is 1. The van der Waals surface area contributed by atoms with Gasteiger partial charge < -0.3 is 0 Å². The number of nitrogens with one attached hydrogen (secondary N) is 1. The number of anilines is 1. The molecule has 2 aliphatic heterocycles. The number of likely N-dealkylation sites (tertiary alicyclic amines) is 1. The maximum atomic E-state index is 13.9. The van der Waals surface area contributed by atoms with Crippen LogP contribution in [0.2, 0.25) is 0 Å². The van der Waals surface area contributed by atoms with Gasteiger partial charge in [0.2, 0.25) is 0 Å². The SMILES string of the molecule is Cc1ccccc1-c1cccc(CN2CCC3(CNS(=O)(=O)N3c3cccc(F)c3)CC2C)c1. The van der Waals surface area contributed by atoms with Gasteiger partial charge >= 0.3 is 10.2 Å². The van der Waals surface area contributed by atoms with E-state index in [0.717, 1.165) is 13.1 Å². The molecule has 0 bridgehead atoms. The lowest BCUT2D eigenvalue weighted by Crippen LogP contribution is -2.57. The van der Waals surface area contributed by atoms with Crippen LogP contribution in [0.25, 0.3) is 11.1 Å². The monoisotopic (exact) mass is 479 g/mol. The molecule has 178 valence electrons. The Kier molecular flexibility index (Phi) is 5.96. The summed E-state index contributed by atoms with van der Waals surface area (Å²) in [6.45, 7) is 6.19. The van der Waals surface area contributed by atoms with E-state index in [9.17, 15) is 12.8 Å². The van der Waals surface area contributed by atoms with Crippen molar-refractivity contribution in [3.05, 3.63) is 89.7 Å². The summed E-state index contributed by atoms with van der Waals surface area (Å²) in [6, 6.07) is 23.1. The van der Waals surface area contributed by atoms with Crippen molar-refractivity contribution in [1.29, 1.82) is 0 Å². The van der Waals surface area contributed by atoms with E-state index >= 15 is 0 Å². The van der Waals surface area contributed by atoms with E-state index in [0.29, 0.717) is 25.1 Å². The molecule has 1 spiro atoms. The number of hydrogen-bond acceptors (Lipinski definition) is 3. The van der Waals surface area contributed by atoms with Crippen molar-refractivity contribution in [2.24, 2.45) is 0 Å². The van der Waals surface area contributed by atoms with Gasteiger partial charge in [-0.2, -0.15) is 13.1 Å². The first-order chi connectivity index (χ1) is 16.3. The van der Waals surface area contributed by atoms with E-state index in [2.05, 4.69) is 72.0 Å². The highest BCUT2D eigenvalue weighted by molar-refractivity contribution is 7.91. The maximum Gasteiger partial charge on any atom is 0.302 e. The average molecular weight is 480 g/mol. The maximum absolute atomic E-state index is 13.9. The number of halogens is 1. The number of aryl methyl sites for hydroxylation is 1. The fourth-order valence-corrected chi connectivity index (χ4v) is 7.25. The van der Waals surface area contributed by atoms with Gasteiger partial charge in [-0.15, -0.1) is 0 Å². The van der Waals surface area contributed by atoms with Crippen molar-refractivity contribution in [3.63, 3.8) is 0 Å². The number of hydrogen-bond donors (Lipinski definition) is 1. The van der Waals surface area contributed by atoms with E-state index < -0.39 is 21.6 Å². The van der Waals surface area contributed by atoms with Crippen LogP contribution in [-0.2, 0) is 16.8 Å². The van der Waals surface area contributed by atoms with Gasteiger partial charge in [-0.3, -0.25) is 9.21 Å². The molecule has 0 amide bonds. The molecular weight excluding hydrogens is 449 g/mol. The highest BCUT2D eigenvalue weighted by Gasteiger charge is 2.52. The Morgan fingerprint density at radius 2 is 1.85 bits per heavy atom. The standard InChI is InChI=1S/C27H30FN3O2S/c1-20-7-3-4-12-26(20)23-9-5-8-22(15-23)18-30-14-13-27(17-21(30)2)19-29-34(32,33)31(27)25-11-6-10-24(28)16-25/h3-12,15-16,21,29H,13-14,17-19H2,1-2H3. The second kappa shape index (κ2) is 8.80. The molecule has 0 aliphatic carbocycles. The van der Waals surface area contributed by atoms with E-state index in [1.165, 1.54) is 38.7 Å². The van der Waals surface area contributed by atoms with Crippen LogP contribution < -0.4 is 9.03 Å². The topological polar surface area (TPSA) is 52.7 Å². The van der Waals surface area contributed by atoms with E-state index in [1.54, 1.807) is 12.1 Å². The summed E-state index contributed by atoms with van der Waals surface area (Å²) < 4.78 is 43.9. The van der Waals surface area contributed by atoms with Crippen LogP contribution >= 0.6 is 0 Å². The zero-order valence-electron chi connectivity index (χ0n) is 19.5. The third-order valence-corrected chi connectivity index (χ3v) is 8.82. The predicted octanol–water partition coefficient (Wildman–Crippen LogP) is 4.88. The summed E-state index contributed by atoms with van der Waals surface area (Å²) in [7, 11) is -3.71. The quantitative estimate of drug-likeness (QED) is 0.580. The van der Waals surface area contributed by atoms with Gasteiger partial charge in [-0.05, 0) is 73.2 Å². The molecule has 3 aromatic carbocycles.